The number of carbonyl (C=O) groups is 1. The zero-order valence-electron chi connectivity index (χ0n) is 6.54. The normalized spacial score (nSPS) is 9.83. The van der Waals surface area contributed by atoms with Crippen molar-refractivity contribution in [2.45, 2.75) is 13.3 Å². The van der Waals surface area contributed by atoms with Crippen LogP contribution in [0.25, 0.3) is 0 Å². The molecule has 0 saturated carbocycles. The average Bonchev–Trinajstić information content (AvgIpc) is 2.03. The third kappa shape index (κ3) is 1.82. The summed E-state index contributed by atoms with van der Waals surface area (Å²) in [6, 6.07) is 1.73. The molecule has 64 valence electrons. The summed E-state index contributed by atoms with van der Waals surface area (Å²) in [6.07, 6.45) is 2.06. The van der Waals surface area contributed by atoms with Crippen molar-refractivity contribution in [3.8, 4) is 0 Å². The van der Waals surface area contributed by atoms with Crippen molar-refractivity contribution in [2.24, 2.45) is 0 Å². The van der Waals surface area contributed by atoms with Crippen molar-refractivity contribution in [1.82, 2.24) is 4.98 Å². The summed E-state index contributed by atoms with van der Waals surface area (Å²) in [5.41, 5.74) is 1.07. The number of hydrogen-bond acceptors (Lipinski definition) is 2. The molecule has 0 atom stereocenters. The van der Waals surface area contributed by atoms with E-state index in [9.17, 15) is 4.79 Å². The first-order valence-electron chi connectivity index (χ1n) is 3.53. The topological polar surface area (TPSA) is 50.2 Å². The van der Waals surface area contributed by atoms with E-state index < -0.39 is 5.97 Å². The van der Waals surface area contributed by atoms with Crippen molar-refractivity contribution in [2.75, 3.05) is 0 Å². The maximum Gasteiger partial charge on any atom is 0.337 e. The first kappa shape index (κ1) is 9.19. The highest BCUT2D eigenvalue weighted by Crippen LogP contribution is 2.14. The number of aryl methyl sites for hydroxylation is 1. The van der Waals surface area contributed by atoms with Gasteiger partial charge in [-0.2, -0.15) is 0 Å². The molecule has 0 amide bonds. The zero-order valence-corrected chi connectivity index (χ0v) is 8.13. The van der Waals surface area contributed by atoms with E-state index in [1.165, 1.54) is 6.20 Å². The lowest BCUT2D eigenvalue weighted by atomic mass is 10.1. The van der Waals surface area contributed by atoms with Crippen molar-refractivity contribution >= 4 is 21.9 Å². The predicted octanol–water partition coefficient (Wildman–Crippen LogP) is 2.10. The fourth-order valence-corrected chi connectivity index (χ4v) is 1.33. The third-order valence-corrected chi connectivity index (χ3v) is 2.00. The lowest BCUT2D eigenvalue weighted by Gasteiger charge is -2.01. The Balaban J connectivity index is 3.20. The summed E-state index contributed by atoms with van der Waals surface area (Å²) in [7, 11) is 0. The molecule has 0 fully saturated rings. The molecule has 0 aliphatic heterocycles. The minimum Gasteiger partial charge on any atom is -0.478 e. The molecule has 0 aliphatic carbocycles. The van der Waals surface area contributed by atoms with Crippen LogP contribution < -0.4 is 0 Å². The van der Waals surface area contributed by atoms with Crippen LogP contribution in [0.15, 0.2) is 16.9 Å². The Morgan fingerprint density at radius 3 is 2.92 bits per heavy atom. The quantitative estimate of drug-likeness (QED) is 0.791. The van der Waals surface area contributed by atoms with Gasteiger partial charge in [0.25, 0.3) is 0 Å². The van der Waals surface area contributed by atoms with E-state index in [1.807, 2.05) is 6.92 Å². The first-order valence-corrected chi connectivity index (χ1v) is 4.32. The number of halogens is 1. The number of aromatic carboxylic acids is 1. The second kappa shape index (κ2) is 3.67. The molecule has 4 heteroatoms. The van der Waals surface area contributed by atoms with E-state index in [1.54, 1.807) is 6.07 Å². The SMILES string of the molecule is CCc1cc(Br)ncc1C(=O)O. The minimum absolute atomic E-state index is 0.278. The molecular weight excluding hydrogens is 222 g/mol. The molecular formula is C8H8BrNO2. The van der Waals surface area contributed by atoms with Crippen molar-refractivity contribution in [1.29, 1.82) is 0 Å². The fourth-order valence-electron chi connectivity index (χ4n) is 0.953. The van der Waals surface area contributed by atoms with E-state index in [0.717, 1.165) is 5.56 Å². The molecule has 0 saturated heterocycles. The second-order valence-corrected chi connectivity index (χ2v) is 3.14. The van der Waals surface area contributed by atoms with Gasteiger partial charge >= 0.3 is 5.97 Å². The monoisotopic (exact) mass is 229 g/mol. The molecule has 0 unspecified atom stereocenters. The Morgan fingerprint density at radius 1 is 1.75 bits per heavy atom. The lowest BCUT2D eigenvalue weighted by molar-refractivity contribution is 0.0695. The molecule has 0 bridgehead atoms. The number of rotatable bonds is 2. The van der Waals surface area contributed by atoms with Crippen LogP contribution in [-0.4, -0.2) is 16.1 Å². The first-order chi connectivity index (χ1) is 5.65. The Bertz CT molecular complexity index is 312. The van der Waals surface area contributed by atoms with Gasteiger partial charge in [-0.25, -0.2) is 9.78 Å². The van der Waals surface area contributed by atoms with Crippen molar-refractivity contribution < 1.29 is 9.90 Å². The summed E-state index contributed by atoms with van der Waals surface area (Å²) in [5, 5.41) is 8.73. The van der Waals surface area contributed by atoms with Crippen LogP contribution >= 0.6 is 15.9 Å². The second-order valence-electron chi connectivity index (χ2n) is 2.32. The van der Waals surface area contributed by atoms with Gasteiger partial charge in [-0.05, 0) is 34.0 Å². The van der Waals surface area contributed by atoms with Crippen LogP contribution in [-0.2, 0) is 6.42 Å². The number of nitrogens with zero attached hydrogens (tertiary/aromatic N) is 1. The largest absolute Gasteiger partial charge is 0.478 e. The highest BCUT2D eigenvalue weighted by molar-refractivity contribution is 9.10. The van der Waals surface area contributed by atoms with Gasteiger partial charge in [-0.1, -0.05) is 6.92 Å². The maximum atomic E-state index is 10.6. The van der Waals surface area contributed by atoms with Crippen LogP contribution in [0, 0.1) is 0 Å². The predicted molar refractivity (Wildman–Crippen MR) is 48.3 cm³/mol. The van der Waals surface area contributed by atoms with Gasteiger partial charge in [0.15, 0.2) is 0 Å². The van der Waals surface area contributed by atoms with Gasteiger partial charge in [0, 0.05) is 6.20 Å². The molecule has 1 rings (SSSR count). The average molecular weight is 230 g/mol. The third-order valence-electron chi connectivity index (χ3n) is 1.57. The number of hydrogen-bond donors (Lipinski definition) is 1. The van der Waals surface area contributed by atoms with Gasteiger partial charge in [0.05, 0.1) is 5.56 Å². The molecule has 1 heterocycles. The molecule has 1 aromatic rings. The van der Waals surface area contributed by atoms with Crippen LogP contribution in [0.2, 0.25) is 0 Å². The number of aromatic nitrogens is 1. The van der Waals surface area contributed by atoms with Gasteiger partial charge in [-0.3, -0.25) is 0 Å². The minimum atomic E-state index is -0.924. The molecule has 0 spiro atoms. The Hall–Kier alpha value is -0.900. The fraction of sp³-hybridized carbons (Fsp3) is 0.250. The van der Waals surface area contributed by atoms with E-state index in [-0.39, 0.29) is 5.56 Å². The molecule has 0 aliphatic rings. The highest BCUT2D eigenvalue weighted by Gasteiger charge is 2.08. The Kier molecular flexibility index (Phi) is 2.81. The molecule has 3 nitrogen and oxygen atoms in total. The van der Waals surface area contributed by atoms with E-state index in [4.69, 9.17) is 5.11 Å². The van der Waals surface area contributed by atoms with Crippen LogP contribution in [0.1, 0.15) is 22.8 Å². The van der Waals surface area contributed by atoms with Crippen LogP contribution in [0.4, 0.5) is 0 Å². The number of carboxylic acid groups (broad SMARTS) is 1. The summed E-state index contributed by atoms with van der Waals surface area (Å²) >= 11 is 3.18. The van der Waals surface area contributed by atoms with E-state index in [0.29, 0.717) is 11.0 Å². The van der Waals surface area contributed by atoms with Crippen LogP contribution in [0.3, 0.4) is 0 Å². The maximum absolute atomic E-state index is 10.6. The van der Waals surface area contributed by atoms with Gasteiger partial charge in [-0.15, -0.1) is 0 Å². The Morgan fingerprint density at radius 2 is 2.42 bits per heavy atom. The summed E-state index contributed by atoms with van der Waals surface area (Å²) in [6.45, 7) is 1.91. The van der Waals surface area contributed by atoms with Gasteiger partial charge < -0.3 is 5.11 Å². The zero-order chi connectivity index (χ0) is 9.14. The Labute approximate surface area is 78.6 Å². The van der Waals surface area contributed by atoms with E-state index in [2.05, 4.69) is 20.9 Å². The molecule has 0 aromatic carbocycles. The lowest BCUT2D eigenvalue weighted by Crippen LogP contribution is -2.02. The van der Waals surface area contributed by atoms with Gasteiger partial charge in [0.1, 0.15) is 4.60 Å². The highest BCUT2D eigenvalue weighted by atomic mass is 79.9. The van der Waals surface area contributed by atoms with E-state index >= 15 is 0 Å². The van der Waals surface area contributed by atoms with Gasteiger partial charge in [0.2, 0.25) is 0 Å². The smallest absolute Gasteiger partial charge is 0.337 e. The summed E-state index contributed by atoms with van der Waals surface area (Å²) < 4.78 is 0.671. The van der Waals surface area contributed by atoms with Crippen molar-refractivity contribution in [3.05, 3.63) is 28.0 Å². The molecule has 1 N–H and O–H groups in total. The standard InChI is InChI=1S/C8H8BrNO2/c1-2-5-3-7(9)10-4-6(5)8(11)12/h3-4H,2H2,1H3,(H,11,12). The summed E-state index contributed by atoms with van der Waals surface area (Å²) in [4.78, 5) is 14.5. The number of carboxylic acids is 1. The molecule has 1 aromatic heterocycles. The number of pyridine rings is 1. The summed E-state index contributed by atoms with van der Waals surface area (Å²) in [5.74, 6) is -0.924. The van der Waals surface area contributed by atoms with Crippen LogP contribution in [0.5, 0.6) is 0 Å². The molecule has 12 heavy (non-hydrogen) atoms. The van der Waals surface area contributed by atoms with Crippen molar-refractivity contribution in [3.63, 3.8) is 0 Å². The molecule has 0 radical (unpaired) electrons.